The molecule has 1 heterocycles. The molecule has 21 heavy (non-hydrogen) atoms. The summed E-state index contributed by atoms with van der Waals surface area (Å²) in [6.07, 6.45) is 6.44. The fourth-order valence-corrected chi connectivity index (χ4v) is 3.33. The molecule has 2 nitrogen and oxygen atoms in total. The zero-order valence-corrected chi connectivity index (χ0v) is 14.0. The van der Waals surface area contributed by atoms with Crippen LogP contribution in [-0.2, 0) is 6.42 Å². The minimum Gasteiger partial charge on any atom is -0.496 e. The van der Waals surface area contributed by atoms with Crippen LogP contribution in [0.5, 0.6) is 5.75 Å². The van der Waals surface area contributed by atoms with Crippen molar-refractivity contribution in [3.05, 3.63) is 51.7 Å². The van der Waals surface area contributed by atoms with E-state index in [1.54, 1.807) is 36.3 Å². The Morgan fingerprint density at radius 3 is 2.76 bits per heavy atom. The van der Waals surface area contributed by atoms with Gasteiger partial charge in [0.1, 0.15) is 5.75 Å². The highest BCUT2D eigenvalue weighted by Gasteiger charge is 2.06. The lowest BCUT2D eigenvalue weighted by Crippen LogP contribution is -1.90. The third-order valence-corrected chi connectivity index (χ3v) is 5.11. The van der Waals surface area contributed by atoms with Crippen molar-refractivity contribution in [2.75, 3.05) is 13.4 Å². The lowest BCUT2D eigenvalue weighted by Gasteiger charge is -2.06. The van der Waals surface area contributed by atoms with Gasteiger partial charge in [-0.25, -0.2) is 0 Å². The van der Waals surface area contributed by atoms with E-state index < -0.39 is 0 Å². The van der Waals surface area contributed by atoms with Gasteiger partial charge in [0.25, 0.3) is 0 Å². The Morgan fingerprint density at radius 2 is 2.14 bits per heavy atom. The zero-order chi connectivity index (χ0) is 15.2. The van der Waals surface area contributed by atoms with E-state index in [0.717, 1.165) is 27.5 Å². The van der Waals surface area contributed by atoms with Crippen LogP contribution in [0.4, 0.5) is 0 Å². The molecule has 0 aliphatic rings. The SMILES string of the molecule is CCc1ccc(C(=O)/C=C/c2ccc(SC)c(OC)c2)s1. The van der Waals surface area contributed by atoms with Crippen molar-refractivity contribution in [2.45, 2.75) is 18.2 Å². The van der Waals surface area contributed by atoms with Gasteiger partial charge in [-0.15, -0.1) is 23.1 Å². The largest absolute Gasteiger partial charge is 0.496 e. The standard InChI is InChI=1S/C17H18O2S2/c1-4-13-7-10-16(21-13)14(18)8-5-12-6-9-17(20-3)15(11-12)19-2/h5-11H,4H2,1-3H3/b8-5+. The lowest BCUT2D eigenvalue weighted by molar-refractivity contribution is 0.105. The summed E-state index contributed by atoms with van der Waals surface area (Å²) in [4.78, 5) is 15.2. The number of aryl methyl sites for hydroxylation is 1. The van der Waals surface area contributed by atoms with Crippen LogP contribution in [0.1, 0.15) is 27.0 Å². The summed E-state index contributed by atoms with van der Waals surface area (Å²) in [6, 6.07) is 9.86. The second kappa shape index (κ2) is 7.48. The van der Waals surface area contributed by atoms with Gasteiger partial charge in [-0.3, -0.25) is 4.79 Å². The Hall–Kier alpha value is -1.52. The number of rotatable bonds is 6. The number of hydrogen-bond acceptors (Lipinski definition) is 4. The Bertz CT molecular complexity index is 657. The Kier molecular flexibility index (Phi) is 5.65. The predicted octanol–water partition coefficient (Wildman–Crippen LogP) is 4.94. The van der Waals surface area contributed by atoms with Crippen molar-refractivity contribution in [3.8, 4) is 5.75 Å². The molecular formula is C17H18O2S2. The fraction of sp³-hybridized carbons (Fsp3) is 0.235. The van der Waals surface area contributed by atoms with Crippen LogP contribution in [0, 0.1) is 0 Å². The molecule has 0 saturated heterocycles. The topological polar surface area (TPSA) is 26.3 Å². The van der Waals surface area contributed by atoms with E-state index in [1.165, 1.54) is 4.88 Å². The molecule has 110 valence electrons. The molecule has 0 fully saturated rings. The van der Waals surface area contributed by atoms with E-state index in [4.69, 9.17) is 4.74 Å². The molecule has 0 radical (unpaired) electrons. The minimum absolute atomic E-state index is 0.0487. The van der Waals surface area contributed by atoms with Gasteiger partial charge < -0.3 is 4.74 Å². The van der Waals surface area contributed by atoms with Gasteiger partial charge in [0.15, 0.2) is 5.78 Å². The molecule has 1 aromatic heterocycles. The number of thiophene rings is 1. The first kappa shape index (κ1) is 15.9. The normalized spacial score (nSPS) is 11.0. The molecule has 0 atom stereocenters. The predicted molar refractivity (Wildman–Crippen MR) is 91.8 cm³/mol. The molecule has 0 aliphatic heterocycles. The summed E-state index contributed by atoms with van der Waals surface area (Å²) >= 11 is 3.20. The maximum absolute atomic E-state index is 12.1. The maximum atomic E-state index is 12.1. The van der Waals surface area contributed by atoms with Gasteiger partial charge in [-0.05, 0) is 48.6 Å². The molecule has 0 unspecified atom stereocenters. The molecular weight excluding hydrogens is 300 g/mol. The highest BCUT2D eigenvalue weighted by atomic mass is 32.2. The number of thioether (sulfide) groups is 1. The Morgan fingerprint density at radius 1 is 1.33 bits per heavy atom. The van der Waals surface area contributed by atoms with Gasteiger partial charge in [0, 0.05) is 9.77 Å². The number of carbonyl (C=O) groups is 1. The van der Waals surface area contributed by atoms with Crippen LogP contribution < -0.4 is 4.74 Å². The van der Waals surface area contributed by atoms with Crippen molar-refractivity contribution in [2.24, 2.45) is 0 Å². The summed E-state index contributed by atoms with van der Waals surface area (Å²) in [6.45, 7) is 2.09. The van der Waals surface area contributed by atoms with E-state index in [9.17, 15) is 4.79 Å². The molecule has 2 aromatic rings. The van der Waals surface area contributed by atoms with E-state index in [0.29, 0.717) is 0 Å². The van der Waals surface area contributed by atoms with Crippen molar-refractivity contribution in [3.63, 3.8) is 0 Å². The first-order valence-electron chi connectivity index (χ1n) is 6.71. The molecule has 0 spiro atoms. The second-order valence-corrected chi connectivity index (χ2v) is 6.45. The van der Waals surface area contributed by atoms with Gasteiger partial charge in [-0.2, -0.15) is 0 Å². The molecule has 0 amide bonds. The van der Waals surface area contributed by atoms with Crippen LogP contribution in [0.2, 0.25) is 0 Å². The number of ether oxygens (including phenoxy) is 1. The maximum Gasteiger partial charge on any atom is 0.195 e. The number of allylic oxidation sites excluding steroid dienone is 1. The smallest absolute Gasteiger partial charge is 0.195 e. The number of carbonyl (C=O) groups excluding carboxylic acids is 1. The Labute approximate surface area is 133 Å². The van der Waals surface area contributed by atoms with Gasteiger partial charge >= 0.3 is 0 Å². The van der Waals surface area contributed by atoms with Crippen LogP contribution in [0.3, 0.4) is 0 Å². The minimum atomic E-state index is 0.0487. The summed E-state index contributed by atoms with van der Waals surface area (Å²) in [5.41, 5.74) is 0.963. The van der Waals surface area contributed by atoms with Crippen molar-refractivity contribution in [1.82, 2.24) is 0 Å². The van der Waals surface area contributed by atoms with Crippen LogP contribution >= 0.6 is 23.1 Å². The monoisotopic (exact) mass is 318 g/mol. The number of methoxy groups -OCH3 is 1. The van der Waals surface area contributed by atoms with Gasteiger partial charge in [0.05, 0.1) is 12.0 Å². The van der Waals surface area contributed by atoms with Gasteiger partial charge in [-0.1, -0.05) is 19.1 Å². The van der Waals surface area contributed by atoms with Crippen LogP contribution in [0.15, 0.2) is 41.3 Å². The lowest BCUT2D eigenvalue weighted by atomic mass is 10.1. The number of ketones is 1. The van der Waals surface area contributed by atoms with Gasteiger partial charge in [0.2, 0.25) is 0 Å². The average Bonchev–Trinajstić information content (AvgIpc) is 3.01. The highest BCUT2D eigenvalue weighted by molar-refractivity contribution is 7.98. The van der Waals surface area contributed by atoms with E-state index >= 15 is 0 Å². The van der Waals surface area contributed by atoms with Crippen LogP contribution in [0.25, 0.3) is 6.08 Å². The van der Waals surface area contributed by atoms with E-state index in [2.05, 4.69) is 6.92 Å². The third-order valence-electron chi connectivity index (χ3n) is 3.09. The fourth-order valence-electron chi connectivity index (χ4n) is 1.91. The summed E-state index contributed by atoms with van der Waals surface area (Å²) < 4.78 is 5.35. The van der Waals surface area contributed by atoms with E-state index in [-0.39, 0.29) is 5.78 Å². The molecule has 0 saturated carbocycles. The highest BCUT2D eigenvalue weighted by Crippen LogP contribution is 2.28. The molecule has 2 rings (SSSR count). The van der Waals surface area contributed by atoms with Crippen LogP contribution in [-0.4, -0.2) is 19.1 Å². The van der Waals surface area contributed by atoms with Crippen molar-refractivity contribution >= 4 is 35.0 Å². The Balaban J connectivity index is 2.15. The molecule has 0 aliphatic carbocycles. The quantitative estimate of drug-likeness (QED) is 0.429. The number of hydrogen-bond donors (Lipinski definition) is 0. The van der Waals surface area contributed by atoms with Crippen molar-refractivity contribution in [1.29, 1.82) is 0 Å². The van der Waals surface area contributed by atoms with Crippen molar-refractivity contribution < 1.29 is 9.53 Å². The average molecular weight is 318 g/mol. The zero-order valence-electron chi connectivity index (χ0n) is 12.4. The summed E-state index contributed by atoms with van der Waals surface area (Å²) in [5.74, 6) is 0.883. The molecule has 0 N–H and O–H groups in total. The second-order valence-electron chi connectivity index (χ2n) is 4.43. The summed E-state index contributed by atoms with van der Waals surface area (Å²) in [7, 11) is 1.66. The number of benzene rings is 1. The third kappa shape index (κ3) is 3.99. The first-order chi connectivity index (χ1) is 10.2. The molecule has 4 heteroatoms. The molecule has 1 aromatic carbocycles. The molecule has 0 bridgehead atoms. The first-order valence-corrected chi connectivity index (χ1v) is 8.75. The summed E-state index contributed by atoms with van der Waals surface area (Å²) in [5, 5.41) is 0. The van der Waals surface area contributed by atoms with E-state index in [1.807, 2.05) is 42.7 Å².